The predicted molar refractivity (Wildman–Crippen MR) is 205 cm³/mol. The van der Waals surface area contributed by atoms with Crippen molar-refractivity contribution in [2.24, 2.45) is 0 Å². The molecule has 2 heteroatoms. The number of pyridine rings is 2. The fourth-order valence-corrected chi connectivity index (χ4v) is 6.25. The van der Waals surface area contributed by atoms with E-state index in [1.807, 2.05) is 58.3 Å². The van der Waals surface area contributed by atoms with Crippen LogP contribution in [0.5, 0.6) is 0 Å². The highest BCUT2D eigenvalue weighted by atomic mass is 14.7. The van der Waals surface area contributed by atoms with Gasteiger partial charge in [0, 0.05) is 23.3 Å². The van der Waals surface area contributed by atoms with Crippen molar-refractivity contribution in [3.8, 4) is 33.5 Å². The molecule has 0 N–H and O–H groups in total. The monoisotopic (exact) mass is 608 g/mol. The molecule has 0 spiro atoms. The molecule has 0 unspecified atom stereocenters. The average molecular weight is 609 g/mol. The fraction of sp³-hybridized carbons (Fsp3) is 0.111. The molecular formula is C45H40N2. The van der Waals surface area contributed by atoms with E-state index in [1.54, 1.807) is 0 Å². The van der Waals surface area contributed by atoms with Crippen molar-refractivity contribution < 1.29 is 0 Å². The van der Waals surface area contributed by atoms with E-state index in [4.69, 9.17) is 0 Å². The summed E-state index contributed by atoms with van der Waals surface area (Å²) in [7, 11) is 0. The van der Waals surface area contributed by atoms with Crippen LogP contribution in [0.4, 0.5) is 0 Å². The van der Waals surface area contributed by atoms with E-state index in [0.717, 1.165) is 16.6 Å². The Balaban J connectivity index is 0.000000384. The molecule has 230 valence electrons. The maximum Gasteiger partial charge on any atom is 0.0708 e. The Bertz CT molecular complexity index is 2330. The lowest BCUT2D eigenvalue weighted by molar-refractivity contribution is 1.33. The van der Waals surface area contributed by atoms with Crippen LogP contribution in [-0.4, -0.2) is 9.97 Å². The summed E-state index contributed by atoms with van der Waals surface area (Å²) >= 11 is 0. The number of fused-ring (bicyclic) bond motifs is 1. The van der Waals surface area contributed by atoms with Gasteiger partial charge >= 0.3 is 0 Å². The van der Waals surface area contributed by atoms with Gasteiger partial charge in [-0.3, -0.25) is 9.97 Å². The number of aromatic nitrogens is 2. The van der Waals surface area contributed by atoms with Gasteiger partial charge in [-0.25, -0.2) is 0 Å². The first-order chi connectivity index (χ1) is 23.1. The molecule has 47 heavy (non-hydrogen) atoms. The second-order valence-electron chi connectivity index (χ2n) is 11.4. The summed E-state index contributed by atoms with van der Waals surface area (Å²) in [5.41, 5.74) is 9.41. The van der Waals surface area contributed by atoms with Gasteiger partial charge in [0.1, 0.15) is 0 Å². The molecule has 0 aliphatic carbocycles. The van der Waals surface area contributed by atoms with Gasteiger partial charge in [-0.15, -0.1) is 0 Å². The summed E-state index contributed by atoms with van der Waals surface area (Å²) < 4.78 is 0. The van der Waals surface area contributed by atoms with Gasteiger partial charge in [0.2, 0.25) is 0 Å². The number of nitrogens with zero attached hydrogens (tertiary/aromatic N) is 2. The minimum absolute atomic E-state index is 1.01. The zero-order valence-electron chi connectivity index (χ0n) is 27.8. The Hall–Kier alpha value is -5.60. The van der Waals surface area contributed by atoms with E-state index < -0.39 is 0 Å². The molecular weight excluding hydrogens is 569 g/mol. The van der Waals surface area contributed by atoms with Crippen molar-refractivity contribution in [1.29, 1.82) is 0 Å². The van der Waals surface area contributed by atoms with Gasteiger partial charge in [0.25, 0.3) is 0 Å². The van der Waals surface area contributed by atoms with E-state index >= 15 is 0 Å². The molecule has 0 atom stereocenters. The van der Waals surface area contributed by atoms with Crippen LogP contribution in [-0.2, 0) is 0 Å². The molecule has 6 aromatic carbocycles. The predicted octanol–water partition coefficient (Wildman–Crippen LogP) is 13.1. The molecule has 0 radical (unpaired) electrons. The fourth-order valence-electron chi connectivity index (χ4n) is 6.25. The molecule has 0 bridgehead atoms. The third-order valence-corrected chi connectivity index (χ3v) is 8.62. The SMILES string of the molecule is C/C=C\C(C)=C\C.CC.c1ccc(-c2ccc3ccc4c(-c5ccc(-c6ccc7ncccc7c6)cc5)ccc5ccc2c3c54)nc1. The van der Waals surface area contributed by atoms with Gasteiger partial charge in [0.05, 0.1) is 11.2 Å². The first kappa shape index (κ1) is 31.4. The summed E-state index contributed by atoms with van der Waals surface area (Å²) in [6, 6.07) is 43.6. The van der Waals surface area contributed by atoms with Crippen LogP contribution in [0.3, 0.4) is 0 Å². The van der Waals surface area contributed by atoms with Crippen LogP contribution in [0.1, 0.15) is 34.6 Å². The lowest BCUT2D eigenvalue weighted by atomic mass is 9.87. The number of allylic oxidation sites excluding steroid dienone is 4. The van der Waals surface area contributed by atoms with E-state index in [2.05, 4.69) is 138 Å². The van der Waals surface area contributed by atoms with Gasteiger partial charge < -0.3 is 0 Å². The van der Waals surface area contributed by atoms with Crippen LogP contribution in [0.2, 0.25) is 0 Å². The Morgan fingerprint density at radius 3 is 1.79 bits per heavy atom. The minimum Gasteiger partial charge on any atom is -0.256 e. The minimum atomic E-state index is 1.01. The smallest absolute Gasteiger partial charge is 0.0708 e. The molecule has 8 rings (SSSR count). The molecule has 0 aliphatic rings. The van der Waals surface area contributed by atoms with Crippen LogP contribution in [0.25, 0.3) is 76.7 Å². The average Bonchev–Trinajstić information content (AvgIpc) is 3.15. The number of hydrogen-bond donors (Lipinski definition) is 0. The van der Waals surface area contributed by atoms with Gasteiger partial charge in [-0.1, -0.05) is 129 Å². The molecule has 0 fully saturated rings. The van der Waals surface area contributed by atoms with E-state index in [-0.39, 0.29) is 0 Å². The summed E-state index contributed by atoms with van der Waals surface area (Å²) in [6.07, 6.45) is 9.91. The normalized spacial score (nSPS) is 11.6. The topological polar surface area (TPSA) is 25.8 Å². The molecule has 2 heterocycles. The largest absolute Gasteiger partial charge is 0.256 e. The Morgan fingerprint density at radius 2 is 1.15 bits per heavy atom. The Labute approximate surface area is 278 Å². The molecule has 0 amide bonds. The highest BCUT2D eigenvalue weighted by Crippen LogP contribution is 2.42. The maximum absolute atomic E-state index is 4.64. The van der Waals surface area contributed by atoms with Crippen molar-refractivity contribution in [3.63, 3.8) is 0 Å². The molecule has 0 saturated heterocycles. The number of rotatable bonds is 4. The van der Waals surface area contributed by atoms with Crippen molar-refractivity contribution in [2.45, 2.75) is 34.6 Å². The van der Waals surface area contributed by atoms with Crippen LogP contribution < -0.4 is 0 Å². The summed E-state index contributed by atoms with van der Waals surface area (Å²) in [5, 5.41) is 8.84. The van der Waals surface area contributed by atoms with E-state index in [0.29, 0.717) is 0 Å². The molecule has 0 saturated carbocycles. The second kappa shape index (κ2) is 14.2. The molecule has 0 aliphatic heterocycles. The zero-order chi connectivity index (χ0) is 32.8. The van der Waals surface area contributed by atoms with Gasteiger partial charge in [0.15, 0.2) is 0 Å². The summed E-state index contributed by atoms with van der Waals surface area (Å²) in [5.74, 6) is 0. The van der Waals surface area contributed by atoms with Crippen LogP contribution in [0.15, 0.2) is 158 Å². The summed E-state index contributed by atoms with van der Waals surface area (Å²) in [4.78, 5) is 9.10. The maximum atomic E-state index is 4.64. The highest BCUT2D eigenvalue weighted by molar-refractivity contribution is 6.27. The standard InChI is InChI=1S/C36H22N2.C7H12.C2H6/c1-2-20-38-34(5-1)30-16-11-26-12-17-31-29(15-10-25-13-18-32(30)36(26)35(25)31)24-8-6-23(7-9-24)27-14-19-33-28(22-27)4-3-21-37-33;1-4-6-7(3)5-2;1-2/h1-22H;4-6H,1-3H3;1-2H3/b;6-4-,7-5+;. The first-order valence-corrected chi connectivity index (χ1v) is 16.5. The molecule has 2 aromatic heterocycles. The van der Waals surface area contributed by atoms with Gasteiger partial charge in [-0.2, -0.15) is 0 Å². The van der Waals surface area contributed by atoms with Crippen LogP contribution >= 0.6 is 0 Å². The van der Waals surface area contributed by atoms with Crippen molar-refractivity contribution in [1.82, 2.24) is 9.97 Å². The van der Waals surface area contributed by atoms with Gasteiger partial charge in [-0.05, 0) is 106 Å². The Kier molecular flexibility index (Phi) is 9.50. The van der Waals surface area contributed by atoms with Crippen LogP contribution in [0, 0.1) is 0 Å². The third kappa shape index (κ3) is 6.28. The third-order valence-electron chi connectivity index (χ3n) is 8.62. The van der Waals surface area contributed by atoms with E-state index in [9.17, 15) is 0 Å². The quantitative estimate of drug-likeness (QED) is 0.147. The highest BCUT2D eigenvalue weighted by Gasteiger charge is 2.15. The first-order valence-electron chi connectivity index (χ1n) is 16.5. The van der Waals surface area contributed by atoms with Crippen molar-refractivity contribution in [3.05, 3.63) is 158 Å². The molecule has 8 aromatic rings. The van der Waals surface area contributed by atoms with E-state index in [1.165, 1.54) is 65.7 Å². The number of hydrogen-bond acceptors (Lipinski definition) is 2. The van der Waals surface area contributed by atoms with Crippen molar-refractivity contribution >= 4 is 43.2 Å². The number of benzene rings is 6. The lowest BCUT2D eigenvalue weighted by Gasteiger charge is -2.16. The summed E-state index contributed by atoms with van der Waals surface area (Å²) in [6.45, 7) is 10.1. The second-order valence-corrected chi connectivity index (χ2v) is 11.4. The Morgan fingerprint density at radius 1 is 0.532 bits per heavy atom. The van der Waals surface area contributed by atoms with Crippen molar-refractivity contribution in [2.75, 3.05) is 0 Å². The lowest BCUT2D eigenvalue weighted by Crippen LogP contribution is -1.90. The zero-order valence-corrected chi connectivity index (χ0v) is 27.8. The molecule has 2 nitrogen and oxygen atoms in total.